The first kappa shape index (κ1) is 8.10. The first-order valence-electron chi connectivity index (χ1n) is 4.51. The molecule has 0 saturated carbocycles. The third kappa shape index (κ3) is 1.49. The fraction of sp³-hybridized carbons (Fsp3) is 0.300. The molecule has 0 saturated heterocycles. The third-order valence-electron chi connectivity index (χ3n) is 2.32. The number of anilines is 1. The lowest BCUT2D eigenvalue weighted by Gasteiger charge is -2.19. The highest BCUT2D eigenvalue weighted by molar-refractivity contribution is 5.89. The van der Waals surface area contributed by atoms with E-state index in [2.05, 4.69) is 16.5 Å². The lowest BCUT2D eigenvalue weighted by Crippen LogP contribution is -2.13. The predicted octanol–water partition coefficient (Wildman–Crippen LogP) is 1.34. The van der Waals surface area contributed by atoms with Gasteiger partial charge in [0.1, 0.15) is 0 Å². The highest BCUT2D eigenvalue weighted by atomic mass is 15.1. The SMILES string of the molecule is NN=Cc1cccc2c1NCCC2. The minimum Gasteiger partial charge on any atom is -0.384 e. The Hall–Kier alpha value is -1.51. The third-order valence-corrected chi connectivity index (χ3v) is 2.32. The van der Waals surface area contributed by atoms with E-state index in [4.69, 9.17) is 5.84 Å². The minimum absolute atomic E-state index is 1.04. The molecule has 0 radical (unpaired) electrons. The number of nitrogens with zero attached hydrogens (tertiary/aromatic N) is 1. The van der Waals surface area contributed by atoms with Gasteiger partial charge in [0.05, 0.1) is 6.21 Å². The van der Waals surface area contributed by atoms with Gasteiger partial charge in [-0.25, -0.2) is 0 Å². The monoisotopic (exact) mass is 175 g/mol. The molecule has 3 heteroatoms. The van der Waals surface area contributed by atoms with E-state index in [1.54, 1.807) is 6.21 Å². The number of hydrazone groups is 1. The smallest absolute Gasteiger partial charge is 0.0558 e. The Kier molecular flexibility index (Phi) is 2.17. The van der Waals surface area contributed by atoms with Crippen LogP contribution in [0.1, 0.15) is 17.5 Å². The number of benzene rings is 1. The fourth-order valence-electron chi connectivity index (χ4n) is 1.72. The van der Waals surface area contributed by atoms with Gasteiger partial charge in [-0.3, -0.25) is 0 Å². The van der Waals surface area contributed by atoms with Crippen molar-refractivity contribution in [3.05, 3.63) is 29.3 Å². The molecule has 0 aromatic heterocycles. The molecular weight excluding hydrogens is 162 g/mol. The van der Waals surface area contributed by atoms with Gasteiger partial charge in [-0.2, -0.15) is 5.10 Å². The Bertz CT molecular complexity index is 331. The van der Waals surface area contributed by atoms with Crippen molar-refractivity contribution in [2.24, 2.45) is 10.9 Å². The van der Waals surface area contributed by atoms with E-state index in [1.165, 1.54) is 17.7 Å². The molecule has 0 unspecified atom stereocenters. The van der Waals surface area contributed by atoms with E-state index in [0.29, 0.717) is 0 Å². The highest BCUT2D eigenvalue weighted by Crippen LogP contribution is 2.24. The van der Waals surface area contributed by atoms with E-state index >= 15 is 0 Å². The number of hydrogen-bond acceptors (Lipinski definition) is 3. The van der Waals surface area contributed by atoms with Crippen LogP contribution in [0.4, 0.5) is 5.69 Å². The predicted molar refractivity (Wildman–Crippen MR) is 55.0 cm³/mol. The van der Waals surface area contributed by atoms with Crippen LogP contribution in [0.2, 0.25) is 0 Å². The van der Waals surface area contributed by atoms with Gasteiger partial charge in [-0.15, -0.1) is 0 Å². The lowest BCUT2D eigenvalue weighted by molar-refractivity contribution is 0.830. The first-order valence-corrected chi connectivity index (χ1v) is 4.51. The molecule has 0 bridgehead atoms. The summed E-state index contributed by atoms with van der Waals surface area (Å²) >= 11 is 0. The Balaban J connectivity index is 2.45. The molecule has 1 aromatic carbocycles. The molecule has 3 N–H and O–H groups in total. The molecule has 0 aliphatic carbocycles. The number of para-hydroxylation sites is 1. The molecular formula is C10H13N3. The minimum atomic E-state index is 1.04. The Morgan fingerprint density at radius 2 is 2.38 bits per heavy atom. The maximum atomic E-state index is 5.14. The normalized spacial score (nSPS) is 15.4. The van der Waals surface area contributed by atoms with Crippen molar-refractivity contribution in [1.29, 1.82) is 0 Å². The Morgan fingerprint density at radius 1 is 1.46 bits per heavy atom. The summed E-state index contributed by atoms with van der Waals surface area (Å²) < 4.78 is 0. The number of fused-ring (bicyclic) bond motifs is 1. The fourth-order valence-corrected chi connectivity index (χ4v) is 1.72. The summed E-state index contributed by atoms with van der Waals surface area (Å²) in [5.41, 5.74) is 3.64. The van der Waals surface area contributed by atoms with Gasteiger partial charge in [0.2, 0.25) is 0 Å². The van der Waals surface area contributed by atoms with Crippen molar-refractivity contribution in [2.45, 2.75) is 12.8 Å². The molecule has 68 valence electrons. The molecule has 0 fully saturated rings. The summed E-state index contributed by atoms with van der Waals surface area (Å²) in [6.45, 7) is 1.04. The summed E-state index contributed by atoms with van der Waals surface area (Å²) in [6, 6.07) is 6.21. The zero-order chi connectivity index (χ0) is 9.10. The second-order valence-electron chi connectivity index (χ2n) is 3.19. The number of hydrogen-bond donors (Lipinski definition) is 2. The van der Waals surface area contributed by atoms with Crippen molar-refractivity contribution in [3.63, 3.8) is 0 Å². The van der Waals surface area contributed by atoms with Crippen molar-refractivity contribution in [1.82, 2.24) is 0 Å². The van der Waals surface area contributed by atoms with Crippen LogP contribution in [0.5, 0.6) is 0 Å². The highest BCUT2D eigenvalue weighted by Gasteiger charge is 2.10. The van der Waals surface area contributed by atoms with Crippen LogP contribution < -0.4 is 11.2 Å². The Morgan fingerprint density at radius 3 is 3.23 bits per heavy atom. The maximum Gasteiger partial charge on any atom is 0.0558 e. The number of nitrogens with one attached hydrogen (secondary N) is 1. The largest absolute Gasteiger partial charge is 0.384 e. The van der Waals surface area contributed by atoms with Crippen molar-refractivity contribution >= 4 is 11.9 Å². The summed E-state index contributed by atoms with van der Waals surface area (Å²) in [5, 5.41) is 6.92. The van der Waals surface area contributed by atoms with E-state index < -0.39 is 0 Å². The van der Waals surface area contributed by atoms with Crippen LogP contribution >= 0.6 is 0 Å². The van der Waals surface area contributed by atoms with Crippen molar-refractivity contribution in [3.8, 4) is 0 Å². The lowest BCUT2D eigenvalue weighted by atomic mass is 10.00. The molecule has 0 amide bonds. The van der Waals surface area contributed by atoms with Crippen molar-refractivity contribution < 1.29 is 0 Å². The first-order chi connectivity index (χ1) is 6.42. The van der Waals surface area contributed by atoms with Crippen LogP contribution in [0.15, 0.2) is 23.3 Å². The standard InChI is InChI=1S/C10H13N3/c11-13-7-9-4-1-3-8-5-2-6-12-10(8)9/h1,3-4,7,12H,2,5-6,11H2. The van der Waals surface area contributed by atoms with E-state index in [9.17, 15) is 0 Å². The van der Waals surface area contributed by atoms with Crippen LogP contribution in [-0.4, -0.2) is 12.8 Å². The molecule has 1 aliphatic heterocycles. The molecule has 0 atom stereocenters. The van der Waals surface area contributed by atoms with Crippen LogP contribution in [0.3, 0.4) is 0 Å². The van der Waals surface area contributed by atoms with Gasteiger partial charge >= 0.3 is 0 Å². The molecule has 1 aliphatic rings. The van der Waals surface area contributed by atoms with Crippen LogP contribution in [-0.2, 0) is 6.42 Å². The zero-order valence-electron chi connectivity index (χ0n) is 7.46. The van der Waals surface area contributed by atoms with Gasteiger partial charge in [0.25, 0.3) is 0 Å². The summed E-state index contributed by atoms with van der Waals surface area (Å²) in [4.78, 5) is 0. The number of aryl methyl sites for hydroxylation is 1. The topological polar surface area (TPSA) is 50.4 Å². The van der Waals surface area contributed by atoms with E-state index in [-0.39, 0.29) is 0 Å². The number of nitrogens with two attached hydrogens (primary N) is 1. The molecule has 0 spiro atoms. The molecule has 3 nitrogen and oxygen atoms in total. The zero-order valence-corrected chi connectivity index (χ0v) is 7.46. The molecule has 13 heavy (non-hydrogen) atoms. The van der Waals surface area contributed by atoms with Gasteiger partial charge in [0.15, 0.2) is 0 Å². The quantitative estimate of drug-likeness (QED) is 0.384. The van der Waals surface area contributed by atoms with Crippen LogP contribution in [0, 0.1) is 0 Å². The maximum absolute atomic E-state index is 5.14. The van der Waals surface area contributed by atoms with Crippen LogP contribution in [0.25, 0.3) is 0 Å². The van der Waals surface area contributed by atoms with E-state index in [0.717, 1.165) is 18.5 Å². The van der Waals surface area contributed by atoms with Gasteiger partial charge < -0.3 is 11.2 Å². The molecule has 2 rings (SSSR count). The molecule has 1 aromatic rings. The van der Waals surface area contributed by atoms with Gasteiger partial charge in [-0.1, -0.05) is 18.2 Å². The van der Waals surface area contributed by atoms with Crippen molar-refractivity contribution in [2.75, 3.05) is 11.9 Å². The van der Waals surface area contributed by atoms with Gasteiger partial charge in [0, 0.05) is 17.8 Å². The van der Waals surface area contributed by atoms with Gasteiger partial charge in [-0.05, 0) is 18.4 Å². The average Bonchev–Trinajstić information content (AvgIpc) is 2.19. The Labute approximate surface area is 77.6 Å². The second-order valence-corrected chi connectivity index (χ2v) is 3.19. The van der Waals surface area contributed by atoms with E-state index in [1.807, 2.05) is 12.1 Å². The average molecular weight is 175 g/mol. The second kappa shape index (κ2) is 3.47. The summed E-state index contributed by atoms with van der Waals surface area (Å²) in [7, 11) is 0. The summed E-state index contributed by atoms with van der Waals surface area (Å²) in [6.07, 6.45) is 4.04. The molecule has 1 heterocycles. The number of rotatable bonds is 1. The summed E-state index contributed by atoms with van der Waals surface area (Å²) in [5.74, 6) is 5.14.